The van der Waals surface area contributed by atoms with Crippen molar-refractivity contribution in [3.8, 4) is 23.7 Å². The Hall–Kier alpha value is -1.71. The molecule has 1 N–H and O–H groups in total. The number of halogens is 1. The molecule has 0 saturated carbocycles. The van der Waals surface area contributed by atoms with Gasteiger partial charge in [0.15, 0.2) is 0 Å². The Morgan fingerprint density at radius 3 is 2.46 bits per heavy atom. The van der Waals surface area contributed by atoms with Gasteiger partial charge in [-0.3, -0.25) is 4.79 Å². The van der Waals surface area contributed by atoms with E-state index in [1.807, 2.05) is 6.08 Å². The van der Waals surface area contributed by atoms with Gasteiger partial charge in [-0.1, -0.05) is 84.7 Å². The van der Waals surface area contributed by atoms with Crippen LogP contribution in [0.2, 0.25) is 0 Å². The fourth-order valence-electron chi connectivity index (χ4n) is 2.10. The van der Waals surface area contributed by atoms with Gasteiger partial charge in [0, 0.05) is 10.9 Å². The third-order valence-electron chi connectivity index (χ3n) is 3.53. The Morgan fingerprint density at radius 2 is 1.73 bits per heavy atom. The van der Waals surface area contributed by atoms with Crippen LogP contribution in [0.15, 0.2) is 34.9 Å². The molecule has 26 heavy (non-hydrogen) atoms. The highest BCUT2D eigenvalue weighted by atomic mass is 79.9. The van der Waals surface area contributed by atoms with Gasteiger partial charge in [-0.05, 0) is 50.0 Å². The summed E-state index contributed by atoms with van der Waals surface area (Å²) >= 11 is 3.58. The Balaban J connectivity index is 3.53. The highest BCUT2D eigenvalue weighted by molar-refractivity contribution is 9.11. The van der Waals surface area contributed by atoms with E-state index in [0.717, 1.165) is 19.3 Å². The lowest BCUT2D eigenvalue weighted by molar-refractivity contribution is -0.136. The molecule has 0 radical (unpaired) electrons. The van der Waals surface area contributed by atoms with Crippen molar-refractivity contribution >= 4 is 21.9 Å². The standard InChI is InChI=1S/C23H31BrO2/c1-2-3-16-19-22(24)20-17-14-12-10-8-6-4-5-7-9-11-13-15-18-21-23(25)26/h5,7,16,19-20H,2-4,6,8,10,12,14,17-18,21H2,1H3,(H,25,26)/b7-5+,19-16+,22-20+. The van der Waals surface area contributed by atoms with Crippen LogP contribution in [0.1, 0.15) is 77.6 Å². The third-order valence-corrected chi connectivity index (χ3v) is 4.12. The van der Waals surface area contributed by atoms with E-state index in [1.54, 1.807) is 0 Å². The molecule has 3 heteroatoms. The smallest absolute Gasteiger partial charge is 0.304 e. The minimum absolute atomic E-state index is 0.0775. The van der Waals surface area contributed by atoms with Crippen LogP contribution in [-0.2, 0) is 4.79 Å². The van der Waals surface area contributed by atoms with E-state index < -0.39 is 5.97 Å². The molecule has 0 aliphatic heterocycles. The Morgan fingerprint density at radius 1 is 1.00 bits per heavy atom. The van der Waals surface area contributed by atoms with Gasteiger partial charge >= 0.3 is 5.97 Å². The Labute approximate surface area is 168 Å². The van der Waals surface area contributed by atoms with Crippen LogP contribution >= 0.6 is 15.9 Å². The number of hydrogen-bond acceptors (Lipinski definition) is 1. The van der Waals surface area contributed by atoms with Gasteiger partial charge < -0.3 is 5.11 Å². The quantitative estimate of drug-likeness (QED) is 0.203. The molecule has 0 rings (SSSR count). The van der Waals surface area contributed by atoms with Gasteiger partial charge in [0.2, 0.25) is 0 Å². The molecule has 0 aromatic carbocycles. The van der Waals surface area contributed by atoms with Gasteiger partial charge in [-0.2, -0.15) is 0 Å². The number of carboxylic acid groups (broad SMARTS) is 1. The minimum atomic E-state index is -0.823. The summed E-state index contributed by atoms with van der Waals surface area (Å²) in [4.78, 5) is 10.3. The summed E-state index contributed by atoms with van der Waals surface area (Å²) in [5, 5.41) is 8.45. The van der Waals surface area contributed by atoms with Crippen LogP contribution < -0.4 is 0 Å². The molecular formula is C23H31BrO2. The van der Waals surface area contributed by atoms with Crippen LogP contribution in [-0.4, -0.2) is 11.1 Å². The van der Waals surface area contributed by atoms with E-state index in [1.165, 1.54) is 43.0 Å². The molecule has 0 saturated heterocycles. The summed E-state index contributed by atoms with van der Waals surface area (Å²) in [6.07, 6.45) is 21.8. The van der Waals surface area contributed by atoms with E-state index in [0.29, 0.717) is 6.42 Å². The molecule has 0 heterocycles. The average molecular weight is 419 g/mol. The monoisotopic (exact) mass is 418 g/mol. The highest BCUT2D eigenvalue weighted by Gasteiger charge is 1.91. The number of carboxylic acids is 1. The van der Waals surface area contributed by atoms with Crippen LogP contribution in [0.4, 0.5) is 0 Å². The minimum Gasteiger partial charge on any atom is -0.481 e. The van der Waals surface area contributed by atoms with E-state index in [9.17, 15) is 4.79 Å². The summed E-state index contributed by atoms with van der Waals surface area (Å²) in [5.41, 5.74) is 0. The molecule has 0 aromatic rings. The summed E-state index contributed by atoms with van der Waals surface area (Å²) < 4.78 is 1.20. The van der Waals surface area contributed by atoms with Crippen LogP contribution in [0.25, 0.3) is 0 Å². The number of rotatable bonds is 13. The number of unbranched alkanes of at least 4 members (excludes halogenated alkanes) is 7. The second kappa shape index (κ2) is 19.6. The summed E-state index contributed by atoms with van der Waals surface area (Å²) in [6.45, 7) is 2.19. The number of allylic oxidation sites excluding steroid dienone is 6. The molecule has 0 unspecified atom stereocenters. The molecule has 0 fully saturated rings. The van der Waals surface area contributed by atoms with Crippen molar-refractivity contribution in [3.63, 3.8) is 0 Å². The average Bonchev–Trinajstić information content (AvgIpc) is 2.61. The first-order valence-electron chi connectivity index (χ1n) is 9.54. The van der Waals surface area contributed by atoms with Crippen molar-refractivity contribution in [3.05, 3.63) is 34.9 Å². The van der Waals surface area contributed by atoms with Gasteiger partial charge in [0.1, 0.15) is 0 Å². The zero-order valence-corrected chi connectivity index (χ0v) is 17.5. The Bertz CT molecular complexity index is 577. The van der Waals surface area contributed by atoms with Crippen molar-refractivity contribution in [2.45, 2.75) is 77.6 Å². The zero-order valence-electron chi connectivity index (χ0n) is 15.9. The van der Waals surface area contributed by atoms with Crippen molar-refractivity contribution in [2.24, 2.45) is 0 Å². The van der Waals surface area contributed by atoms with Gasteiger partial charge in [-0.15, -0.1) is 0 Å². The van der Waals surface area contributed by atoms with Crippen LogP contribution in [0.5, 0.6) is 0 Å². The van der Waals surface area contributed by atoms with Crippen LogP contribution in [0.3, 0.4) is 0 Å². The summed E-state index contributed by atoms with van der Waals surface area (Å²) in [7, 11) is 0. The second-order valence-corrected chi connectivity index (χ2v) is 6.91. The molecule has 2 nitrogen and oxygen atoms in total. The van der Waals surface area contributed by atoms with Crippen molar-refractivity contribution < 1.29 is 9.90 Å². The van der Waals surface area contributed by atoms with E-state index in [4.69, 9.17) is 5.11 Å². The van der Waals surface area contributed by atoms with E-state index in [-0.39, 0.29) is 6.42 Å². The number of hydrogen-bond donors (Lipinski definition) is 1. The topological polar surface area (TPSA) is 37.3 Å². The largest absolute Gasteiger partial charge is 0.481 e. The maximum Gasteiger partial charge on any atom is 0.304 e. The second-order valence-electron chi connectivity index (χ2n) is 5.99. The maximum absolute atomic E-state index is 10.3. The molecule has 0 aliphatic rings. The first kappa shape index (κ1) is 24.3. The lowest BCUT2D eigenvalue weighted by Crippen LogP contribution is -1.91. The molecule has 0 atom stereocenters. The number of aliphatic carboxylic acids is 1. The first-order valence-corrected chi connectivity index (χ1v) is 10.3. The Kier molecular flexibility index (Phi) is 18.3. The normalized spacial score (nSPS) is 11.2. The predicted octanol–water partition coefficient (Wildman–Crippen LogP) is 6.78. The van der Waals surface area contributed by atoms with Crippen molar-refractivity contribution in [1.82, 2.24) is 0 Å². The lowest BCUT2D eigenvalue weighted by Gasteiger charge is -1.98. The molecular weight excluding hydrogens is 388 g/mol. The maximum atomic E-state index is 10.3. The van der Waals surface area contributed by atoms with Crippen LogP contribution in [0, 0.1) is 23.7 Å². The van der Waals surface area contributed by atoms with Crippen molar-refractivity contribution in [2.75, 3.05) is 0 Å². The van der Waals surface area contributed by atoms with Crippen molar-refractivity contribution in [1.29, 1.82) is 0 Å². The fourth-order valence-corrected chi connectivity index (χ4v) is 2.52. The highest BCUT2D eigenvalue weighted by Crippen LogP contribution is 2.13. The summed E-state index contributed by atoms with van der Waals surface area (Å²) in [6, 6.07) is 0. The molecule has 142 valence electrons. The molecule has 0 spiro atoms. The lowest BCUT2D eigenvalue weighted by atomic mass is 10.1. The molecule has 0 aromatic heterocycles. The molecule has 0 amide bonds. The molecule has 0 aliphatic carbocycles. The van der Waals surface area contributed by atoms with Gasteiger partial charge in [0.25, 0.3) is 0 Å². The van der Waals surface area contributed by atoms with E-state index in [2.05, 4.69) is 70.8 Å². The number of carbonyl (C=O) groups is 1. The fraction of sp³-hybridized carbons (Fsp3) is 0.522. The predicted molar refractivity (Wildman–Crippen MR) is 115 cm³/mol. The van der Waals surface area contributed by atoms with Gasteiger partial charge in [-0.25, -0.2) is 0 Å². The first-order chi connectivity index (χ1) is 12.7. The third kappa shape index (κ3) is 20.3. The zero-order chi connectivity index (χ0) is 19.3. The van der Waals surface area contributed by atoms with E-state index >= 15 is 0 Å². The summed E-state index contributed by atoms with van der Waals surface area (Å²) in [5.74, 6) is 10.1. The SMILES string of the molecule is CCC/C=C/C(Br)=C\CCCCCCC/C=C/C#CC#CCCC(=O)O. The molecule has 0 bridgehead atoms. The van der Waals surface area contributed by atoms with Gasteiger partial charge in [0.05, 0.1) is 6.42 Å².